The van der Waals surface area contributed by atoms with Crippen LogP contribution in [0.3, 0.4) is 0 Å². The van der Waals surface area contributed by atoms with Crippen LogP contribution in [-0.4, -0.2) is 28.9 Å². The molecule has 1 aromatic heterocycles. The van der Waals surface area contributed by atoms with E-state index in [9.17, 15) is 0 Å². The van der Waals surface area contributed by atoms with E-state index in [0.29, 0.717) is 6.61 Å². The fourth-order valence-electron chi connectivity index (χ4n) is 6.66. The highest BCUT2D eigenvalue weighted by Crippen LogP contribution is 2.41. The second-order valence-electron chi connectivity index (χ2n) is 14.6. The van der Waals surface area contributed by atoms with Crippen molar-refractivity contribution in [2.24, 2.45) is 0 Å². The van der Waals surface area contributed by atoms with Crippen LogP contribution in [0.25, 0.3) is 43.5 Å². The first-order chi connectivity index (χ1) is 23.1. The average molecular weight is 703 g/mol. The Morgan fingerprint density at radius 1 is 0.562 bits per heavy atom. The van der Waals surface area contributed by atoms with E-state index in [4.69, 9.17) is 12.9 Å². The zero-order chi connectivity index (χ0) is 33.5. The van der Waals surface area contributed by atoms with Crippen LogP contribution in [0.1, 0.15) is 6.42 Å². The molecular weight excluding hydrogens is 659 g/mol. The third kappa shape index (κ3) is 6.60. The normalized spacial score (nSPS) is 12.5. The van der Waals surface area contributed by atoms with Crippen LogP contribution in [0.5, 0.6) is 0 Å². The van der Waals surface area contributed by atoms with Gasteiger partial charge in [-0.25, -0.2) is 0 Å². The van der Waals surface area contributed by atoms with Crippen LogP contribution in [0.15, 0.2) is 130 Å². The highest BCUT2D eigenvalue weighted by atomic mass is 31.1. The predicted molar refractivity (Wildman–Crippen MR) is 217 cm³/mol. The van der Waals surface area contributed by atoms with Gasteiger partial charge in [-0.2, -0.15) is 0 Å². The molecule has 7 rings (SSSR count). The molecule has 3 nitrogen and oxygen atoms in total. The third-order valence-electron chi connectivity index (χ3n) is 9.06. The Labute approximate surface area is 288 Å². The lowest BCUT2D eigenvalue weighted by Gasteiger charge is -2.20. The molecule has 0 saturated heterocycles. The molecule has 0 N–H and O–H groups in total. The van der Waals surface area contributed by atoms with Gasteiger partial charge in [0.1, 0.15) is 11.2 Å². The maximum atomic E-state index is 7.07. The average Bonchev–Trinajstić information content (AvgIpc) is 3.25. The first-order valence-electron chi connectivity index (χ1n) is 16.9. The molecule has 0 spiro atoms. The maximum Gasteiger partial charge on any atom is 0.387 e. The van der Waals surface area contributed by atoms with Gasteiger partial charge in [-0.1, -0.05) is 161 Å². The van der Waals surface area contributed by atoms with Gasteiger partial charge >= 0.3 is 8.24 Å². The summed E-state index contributed by atoms with van der Waals surface area (Å²) in [6.45, 7) is 15.0. The Hall–Kier alpha value is -3.44. The van der Waals surface area contributed by atoms with E-state index in [1.165, 1.54) is 42.5 Å². The lowest BCUT2D eigenvalue weighted by Crippen LogP contribution is -2.38. The van der Waals surface area contributed by atoms with E-state index >= 15 is 0 Å². The standard InChI is InChI=1S/C41H44O3P2Si2/c1-47(2,3)36-28-30-18-13-15-24-34(30)38-39-35-25-16-14-19-31(35)29-37(48(4,5)6)41(39)44-46(43-40(36)38)42-26-17-27-45(32-20-9-7-10-21-32)33-22-11-8-12-23-33/h7-16,18-25,28-29H,17,26-27H2,1-6H3. The number of rotatable bonds is 9. The third-order valence-corrected chi connectivity index (χ3v) is 16.7. The summed E-state index contributed by atoms with van der Waals surface area (Å²) in [5.41, 5.74) is 1.90. The lowest BCUT2D eigenvalue weighted by atomic mass is 9.98. The Kier molecular flexibility index (Phi) is 9.28. The Bertz CT molecular complexity index is 2120. The van der Waals surface area contributed by atoms with Crippen molar-refractivity contribution in [3.05, 3.63) is 121 Å². The molecule has 0 fully saturated rings. The summed E-state index contributed by atoms with van der Waals surface area (Å²) in [6, 6.07) is 44.1. The highest BCUT2D eigenvalue weighted by Gasteiger charge is 2.28. The number of hydrogen-bond acceptors (Lipinski definition) is 3. The van der Waals surface area contributed by atoms with Crippen molar-refractivity contribution in [3.8, 4) is 0 Å². The topological polar surface area (TPSA) is 35.5 Å². The second-order valence-corrected chi connectivity index (χ2v) is 28.1. The van der Waals surface area contributed by atoms with Crippen molar-refractivity contribution in [1.29, 1.82) is 0 Å². The van der Waals surface area contributed by atoms with Gasteiger partial charge in [-0.3, -0.25) is 4.52 Å². The molecule has 0 amide bonds. The van der Waals surface area contributed by atoms with E-state index in [1.807, 2.05) is 0 Å². The number of fused-ring (bicyclic) bond motifs is 7. The largest absolute Gasteiger partial charge is 0.399 e. The minimum Gasteiger partial charge on any atom is -0.399 e. The van der Waals surface area contributed by atoms with Crippen LogP contribution in [0.4, 0.5) is 0 Å². The Balaban J connectivity index is 1.42. The van der Waals surface area contributed by atoms with Gasteiger partial charge in [-0.15, -0.1) is 0 Å². The van der Waals surface area contributed by atoms with Gasteiger partial charge in [0, 0.05) is 10.8 Å². The molecule has 0 unspecified atom stereocenters. The smallest absolute Gasteiger partial charge is 0.387 e. The van der Waals surface area contributed by atoms with Gasteiger partial charge < -0.3 is 8.39 Å². The molecule has 6 aromatic carbocycles. The fraction of sp³-hybridized carbons (Fsp3) is 0.220. The SMILES string of the molecule is C[Si](C)(C)c1cc2ccccc2c2c1op(OCCCP(c1ccccc1)c1ccccc1)oc1c([Si](C)(C)C)cc3ccccc3c12. The van der Waals surface area contributed by atoms with Crippen LogP contribution in [-0.2, 0) is 0 Å². The van der Waals surface area contributed by atoms with E-state index < -0.39 is 32.3 Å². The zero-order valence-electron chi connectivity index (χ0n) is 28.8. The van der Waals surface area contributed by atoms with Crippen molar-refractivity contribution < 1.29 is 12.9 Å². The van der Waals surface area contributed by atoms with Crippen LogP contribution < -0.4 is 25.5 Å². The summed E-state index contributed by atoms with van der Waals surface area (Å²) in [4.78, 5) is 0. The zero-order valence-corrected chi connectivity index (χ0v) is 32.6. The van der Waals surface area contributed by atoms with Crippen molar-refractivity contribution in [2.75, 3.05) is 12.8 Å². The summed E-state index contributed by atoms with van der Waals surface area (Å²) < 4.78 is 20.9. The van der Waals surface area contributed by atoms with Gasteiger partial charge in [0.05, 0.1) is 22.8 Å². The monoisotopic (exact) mass is 702 g/mol. The fourth-order valence-corrected chi connectivity index (χ4v) is 13.1. The molecule has 0 aliphatic heterocycles. The quantitative estimate of drug-likeness (QED) is 0.0853. The van der Waals surface area contributed by atoms with Crippen molar-refractivity contribution in [1.82, 2.24) is 0 Å². The van der Waals surface area contributed by atoms with Gasteiger partial charge in [0.25, 0.3) is 0 Å². The van der Waals surface area contributed by atoms with Gasteiger partial charge in [-0.05, 0) is 63.0 Å². The maximum absolute atomic E-state index is 7.07. The summed E-state index contributed by atoms with van der Waals surface area (Å²) in [5.74, 6) is 0. The van der Waals surface area contributed by atoms with Crippen molar-refractivity contribution >= 4 is 96.8 Å². The summed E-state index contributed by atoms with van der Waals surface area (Å²) in [5, 5.41) is 12.6. The van der Waals surface area contributed by atoms with E-state index in [0.717, 1.165) is 34.5 Å². The first-order valence-corrected chi connectivity index (χ1v) is 26.5. The van der Waals surface area contributed by atoms with Crippen LogP contribution in [0, 0.1) is 0 Å². The van der Waals surface area contributed by atoms with E-state index in [-0.39, 0.29) is 0 Å². The van der Waals surface area contributed by atoms with Crippen LogP contribution in [0.2, 0.25) is 39.3 Å². The number of benzene rings is 6. The molecule has 0 radical (unpaired) electrons. The molecule has 0 atom stereocenters. The van der Waals surface area contributed by atoms with Crippen LogP contribution >= 0.6 is 16.2 Å². The van der Waals surface area contributed by atoms with Gasteiger partial charge in [0.2, 0.25) is 0 Å². The number of hydrogen-bond donors (Lipinski definition) is 0. The summed E-state index contributed by atoms with van der Waals surface area (Å²) in [7, 11) is -5.92. The van der Waals surface area contributed by atoms with Gasteiger partial charge in [0.15, 0.2) is 0 Å². The minimum atomic E-state index is -1.86. The molecule has 1 heterocycles. The molecule has 7 aromatic rings. The summed E-state index contributed by atoms with van der Waals surface area (Å²) in [6.07, 6.45) is 1.95. The van der Waals surface area contributed by atoms with Crippen molar-refractivity contribution in [2.45, 2.75) is 45.7 Å². The molecule has 0 bridgehead atoms. The van der Waals surface area contributed by atoms with Crippen molar-refractivity contribution in [3.63, 3.8) is 0 Å². The molecule has 244 valence electrons. The Morgan fingerprint density at radius 3 is 1.42 bits per heavy atom. The molecule has 48 heavy (non-hydrogen) atoms. The summed E-state index contributed by atoms with van der Waals surface area (Å²) >= 11 is 0. The predicted octanol–water partition coefficient (Wildman–Crippen LogP) is 10.6. The second kappa shape index (κ2) is 13.5. The molecule has 0 aliphatic carbocycles. The van der Waals surface area contributed by atoms with E-state index in [1.54, 1.807) is 0 Å². The minimum absolute atomic E-state index is 0.494. The molecule has 7 heteroatoms. The van der Waals surface area contributed by atoms with E-state index in [2.05, 4.69) is 161 Å². The molecule has 0 aliphatic rings. The highest BCUT2D eigenvalue weighted by molar-refractivity contribution is 7.73. The first kappa shape index (κ1) is 33.1. The molecular formula is C41H44O3P2Si2. The lowest BCUT2D eigenvalue weighted by molar-refractivity contribution is 0.373. The molecule has 0 saturated carbocycles. The Morgan fingerprint density at radius 2 is 0.979 bits per heavy atom.